The number of carbonyl (C=O) groups is 1. The molecule has 0 bridgehead atoms. The maximum atomic E-state index is 11.7. The lowest BCUT2D eigenvalue weighted by molar-refractivity contribution is -0.146. The number of esters is 1. The number of likely N-dealkylation sites (N-methyl/N-ethyl adjacent to an activating group) is 1. The third-order valence-electron chi connectivity index (χ3n) is 5.49. The van der Waals surface area contributed by atoms with E-state index in [1.165, 1.54) is 12.7 Å². The van der Waals surface area contributed by atoms with E-state index in [-0.39, 0.29) is 11.9 Å². The lowest BCUT2D eigenvalue weighted by atomic mass is 9.97. The maximum absolute atomic E-state index is 11.7. The van der Waals surface area contributed by atoms with Crippen LogP contribution in [0.25, 0.3) is 0 Å². The maximum Gasteiger partial charge on any atom is 0.308 e. The number of piperidine rings is 1. The molecule has 1 N–H and O–H groups in total. The van der Waals surface area contributed by atoms with Gasteiger partial charge in [-0.3, -0.25) is 9.79 Å². The fourth-order valence-corrected chi connectivity index (χ4v) is 3.54. The second-order valence-corrected chi connectivity index (χ2v) is 7.20. The number of nitrogens with one attached hydrogen (secondary N) is 1. The molecule has 7 heteroatoms. The largest absolute Gasteiger partial charge is 0.492 e. The van der Waals surface area contributed by atoms with Gasteiger partial charge in [-0.1, -0.05) is 26.0 Å². The highest BCUT2D eigenvalue weighted by Crippen LogP contribution is 2.18. The number of carbonyl (C=O) groups excluding carboxylic acids is 1. The lowest BCUT2D eigenvalue weighted by Gasteiger charge is -2.33. The highest BCUT2D eigenvalue weighted by atomic mass is 16.5. The van der Waals surface area contributed by atoms with Crippen LogP contribution in [-0.2, 0) is 16.1 Å². The zero-order valence-corrected chi connectivity index (χ0v) is 18.3. The highest BCUT2D eigenvalue weighted by Gasteiger charge is 2.26. The minimum absolute atomic E-state index is 0.00336. The molecule has 29 heavy (non-hydrogen) atoms. The van der Waals surface area contributed by atoms with Crippen LogP contribution in [0.15, 0.2) is 29.3 Å². The van der Waals surface area contributed by atoms with Crippen LogP contribution < -0.4 is 10.1 Å². The second-order valence-electron chi connectivity index (χ2n) is 7.20. The van der Waals surface area contributed by atoms with E-state index in [4.69, 9.17) is 9.47 Å². The summed E-state index contributed by atoms with van der Waals surface area (Å²) in [6.45, 7) is 10.4. The van der Waals surface area contributed by atoms with E-state index in [9.17, 15) is 4.79 Å². The summed E-state index contributed by atoms with van der Waals surface area (Å²) in [4.78, 5) is 20.6. The quantitative estimate of drug-likeness (QED) is 0.387. The van der Waals surface area contributed by atoms with Gasteiger partial charge < -0.3 is 24.6 Å². The average molecular weight is 405 g/mol. The Balaban J connectivity index is 1.76. The Bertz CT molecular complexity index is 636. The molecule has 0 atom stereocenters. The summed E-state index contributed by atoms with van der Waals surface area (Å²) in [6.07, 6.45) is 1.60. The van der Waals surface area contributed by atoms with Crippen LogP contribution in [0.1, 0.15) is 32.3 Å². The van der Waals surface area contributed by atoms with Crippen molar-refractivity contribution >= 4 is 11.9 Å². The molecule has 0 spiro atoms. The number of benzene rings is 1. The van der Waals surface area contributed by atoms with Crippen molar-refractivity contribution in [1.29, 1.82) is 0 Å². The molecule has 0 amide bonds. The number of likely N-dealkylation sites (tertiary alicyclic amines) is 1. The Morgan fingerprint density at radius 3 is 2.41 bits per heavy atom. The number of guanidine groups is 1. The van der Waals surface area contributed by atoms with Crippen molar-refractivity contribution in [2.45, 2.75) is 33.2 Å². The van der Waals surface area contributed by atoms with Gasteiger partial charge in [0.05, 0.1) is 13.0 Å². The van der Waals surface area contributed by atoms with Gasteiger partial charge in [0.15, 0.2) is 5.96 Å². The standard InChI is InChI=1S/C22H36N4O3/c1-5-25(6-2)15-16-29-20-9-7-18(8-10-20)17-24-22(23-3)26-13-11-19(12-14-26)21(27)28-4/h7-10,19H,5-6,11-17H2,1-4H3,(H,23,24). The lowest BCUT2D eigenvalue weighted by Crippen LogP contribution is -2.46. The first-order valence-electron chi connectivity index (χ1n) is 10.6. The fraction of sp³-hybridized carbons (Fsp3) is 0.636. The normalized spacial score (nSPS) is 15.5. The van der Waals surface area contributed by atoms with Crippen LogP contribution in [0.3, 0.4) is 0 Å². The van der Waals surface area contributed by atoms with Crippen LogP contribution in [0, 0.1) is 5.92 Å². The van der Waals surface area contributed by atoms with Gasteiger partial charge in [-0.2, -0.15) is 0 Å². The molecule has 0 saturated carbocycles. The highest BCUT2D eigenvalue weighted by molar-refractivity contribution is 5.80. The van der Waals surface area contributed by atoms with Crippen LogP contribution in [0.4, 0.5) is 0 Å². The summed E-state index contributed by atoms with van der Waals surface area (Å²) in [5, 5.41) is 3.42. The smallest absolute Gasteiger partial charge is 0.308 e. The number of rotatable bonds is 9. The number of hydrogen-bond donors (Lipinski definition) is 1. The Labute approximate surface area is 175 Å². The number of aliphatic imine (C=N–C) groups is 1. The molecule has 1 aromatic carbocycles. The van der Waals surface area contributed by atoms with Crippen molar-refractivity contribution in [2.24, 2.45) is 10.9 Å². The van der Waals surface area contributed by atoms with E-state index in [1.807, 2.05) is 12.1 Å². The molecule has 162 valence electrons. The summed E-state index contributed by atoms with van der Waals surface area (Å²) in [6, 6.07) is 8.20. The van der Waals surface area contributed by atoms with Gasteiger partial charge in [-0.25, -0.2) is 0 Å². The summed E-state index contributed by atoms with van der Waals surface area (Å²) in [5.41, 5.74) is 1.17. The number of methoxy groups -OCH3 is 1. The average Bonchev–Trinajstić information content (AvgIpc) is 2.78. The van der Waals surface area contributed by atoms with E-state index in [2.05, 4.69) is 46.1 Å². The molecule has 1 fully saturated rings. The van der Waals surface area contributed by atoms with Gasteiger partial charge in [0.2, 0.25) is 0 Å². The third kappa shape index (κ3) is 7.24. The van der Waals surface area contributed by atoms with Crippen molar-refractivity contribution in [1.82, 2.24) is 15.1 Å². The number of ether oxygens (including phenoxy) is 2. The summed E-state index contributed by atoms with van der Waals surface area (Å²) in [5.74, 6) is 1.67. The van der Waals surface area contributed by atoms with Crippen LogP contribution in [0.5, 0.6) is 5.75 Å². The van der Waals surface area contributed by atoms with E-state index < -0.39 is 0 Å². The molecule has 0 radical (unpaired) electrons. The van der Waals surface area contributed by atoms with E-state index in [0.717, 1.165) is 57.3 Å². The van der Waals surface area contributed by atoms with Crippen LogP contribution in [0.2, 0.25) is 0 Å². The first-order chi connectivity index (χ1) is 14.1. The summed E-state index contributed by atoms with van der Waals surface area (Å²) < 4.78 is 10.7. The predicted octanol–water partition coefficient (Wildman–Crippen LogP) is 2.37. The monoisotopic (exact) mass is 404 g/mol. The van der Waals surface area contributed by atoms with Gasteiger partial charge in [0.25, 0.3) is 0 Å². The van der Waals surface area contributed by atoms with Gasteiger partial charge >= 0.3 is 5.97 Å². The van der Waals surface area contributed by atoms with Gasteiger partial charge in [-0.05, 0) is 43.6 Å². The van der Waals surface area contributed by atoms with Crippen molar-refractivity contribution < 1.29 is 14.3 Å². The molecular weight excluding hydrogens is 368 g/mol. The van der Waals surface area contributed by atoms with Crippen molar-refractivity contribution in [2.75, 3.05) is 53.5 Å². The third-order valence-corrected chi connectivity index (χ3v) is 5.49. The van der Waals surface area contributed by atoms with Gasteiger partial charge in [-0.15, -0.1) is 0 Å². The van der Waals surface area contributed by atoms with Crippen molar-refractivity contribution in [3.63, 3.8) is 0 Å². The molecule has 1 aliphatic heterocycles. The van der Waals surface area contributed by atoms with E-state index in [1.54, 1.807) is 7.05 Å². The van der Waals surface area contributed by atoms with Gasteiger partial charge in [0.1, 0.15) is 12.4 Å². The van der Waals surface area contributed by atoms with E-state index in [0.29, 0.717) is 13.2 Å². The van der Waals surface area contributed by atoms with Crippen molar-refractivity contribution in [3.05, 3.63) is 29.8 Å². The molecular formula is C22H36N4O3. The summed E-state index contributed by atoms with van der Waals surface area (Å²) >= 11 is 0. The Hall–Kier alpha value is -2.28. The molecule has 1 heterocycles. The minimum Gasteiger partial charge on any atom is -0.492 e. The number of hydrogen-bond acceptors (Lipinski definition) is 5. The molecule has 2 rings (SSSR count). The molecule has 7 nitrogen and oxygen atoms in total. The predicted molar refractivity (Wildman–Crippen MR) is 116 cm³/mol. The molecule has 0 unspecified atom stereocenters. The number of nitrogens with zero attached hydrogens (tertiary/aromatic N) is 3. The molecule has 1 saturated heterocycles. The zero-order chi connectivity index (χ0) is 21.1. The zero-order valence-electron chi connectivity index (χ0n) is 18.3. The second kappa shape index (κ2) is 12.3. The van der Waals surface area contributed by atoms with E-state index >= 15 is 0 Å². The Kier molecular flexibility index (Phi) is 9.77. The molecule has 1 aromatic rings. The van der Waals surface area contributed by atoms with Crippen molar-refractivity contribution in [3.8, 4) is 5.75 Å². The summed E-state index contributed by atoms with van der Waals surface area (Å²) in [7, 11) is 3.25. The van der Waals surface area contributed by atoms with Crippen LogP contribution >= 0.6 is 0 Å². The first-order valence-corrected chi connectivity index (χ1v) is 10.6. The molecule has 1 aliphatic rings. The van der Waals surface area contributed by atoms with Crippen LogP contribution in [-0.4, -0.2) is 75.2 Å². The SMILES string of the molecule is CCN(CC)CCOc1ccc(CNC(=NC)N2CCC(C(=O)OC)CC2)cc1. The van der Waals surface area contributed by atoms with Gasteiger partial charge in [0, 0.05) is 33.2 Å². The Morgan fingerprint density at radius 1 is 1.21 bits per heavy atom. The molecule has 0 aromatic heterocycles. The Morgan fingerprint density at radius 2 is 1.86 bits per heavy atom. The minimum atomic E-state index is -0.105. The first kappa shape index (κ1) is 23.0. The molecule has 0 aliphatic carbocycles. The fourth-order valence-electron chi connectivity index (χ4n) is 3.54. The topological polar surface area (TPSA) is 66.4 Å².